The number of anilines is 1. The van der Waals surface area contributed by atoms with Crippen LogP contribution < -0.4 is 5.32 Å². The molecule has 31 heavy (non-hydrogen) atoms. The van der Waals surface area contributed by atoms with Crippen LogP contribution in [0.1, 0.15) is 34.6 Å². The Morgan fingerprint density at radius 2 is 1.84 bits per heavy atom. The number of nitrogens with zero attached hydrogens (tertiary/aromatic N) is 1. The molecule has 5 nitrogen and oxygen atoms in total. The van der Waals surface area contributed by atoms with E-state index in [1.54, 1.807) is 38.1 Å². The number of rotatable bonds is 6. The van der Waals surface area contributed by atoms with E-state index < -0.39 is 21.7 Å². The minimum atomic E-state index is -3.81. The summed E-state index contributed by atoms with van der Waals surface area (Å²) in [6, 6.07) is 13.9. The predicted octanol–water partition coefficient (Wildman–Crippen LogP) is 4.57. The van der Waals surface area contributed by atoms with Crippen molar-refractivity contribution >= 4 is 33.0 Å². The first-order valence-corrected chi connectivity index (χ1v) is 11.9. The van der Waals surface area contributed by atoms with Crippen molar-refractivity contribution < 1.29 is 17.6 Å². The maximum absolute atomic E-state index is 14.3. The smallest absolute Gasteiger partial charge is 0.258 e. The van der Waals surface area contributed by atoms with Crippen molar-refractivity contribution in [3.05, 3.63) is 81.8 Å². The average Bonchev–Trinajstić information content (AvgIpc) is 3.27. The largest absolute Gasteiger partial charge is 0.322 e. The van der Waals surface area contributed by atoms with Gasteiger partial charge in [-0.05, 0) is 47.8 Å². The summed E-state index contributed by atoms with van der Waals surface area (Å²) in [6.07, 6.45) is 0. The summed E-state index contributed by atoms with van der Waals surface area (Å²) in [5.74, 6) is 4.51. The number of sulfonamides is 1. The van der Waals surface area contributed by atoms with Crippen molar-refractivity contribution in [3.8, 4) is 11.8 Å². The fraction of sp³-hybridized carbons (Fsp3) is 0.174. The zero-order valence-electron chi connectivity index (χ0n) is 17.1. The quantitative estimate of drug-likeness (QED) is 0.553. The molecule has 0 fully saturated rings. The average molecular weight is 457 g/mol. The van der Waals surface area contributed by atoms with E-state index in [0.29, 0.717) is 11.3 Å². The third-order valence-electron chi connectivity index (χ3n) is 4.50. The number of nitrogens with one attached hydrogen (secondary N) is 1. The molecule has 3 aromatic rings. The summed E-state index contributed by atoms with van der Waals surface area (Å²) in [5, 5.41) is 4.55. The Kier molecular flexibility index (Phi) is 7.23. The van der Waals surface area contributed by atoms with E-state index in [9.17, 15) is 17.6 Å². The zero-order chi connectivity index (χ0) is 22.4. The van der Waals surface area contributed by atoms with Crippen molar-refractivity contribution in [3.63, 3.8) is 0 Å². The van der Waals surface area contributed by atoms with Gasteiger partial charge in [0.1, 0.15) is 5.82 Å². The monoisotopic (exact) mass is 456 g/mol. The van der Waals surface area contributed by atoms with E-state index in [1.165, 1.54) is 21.7 Å². The molecule has 0 unspecified atom stereocenters. The van der Waals surface area contributed by atoms with Gasteiger partial charge in [-0.3, -0.25) is 4.79 Å². The van der Waals surface area contributed by atoms with Crippen LogP contribution in [-0.4, -0.2) is 31.7 Å². The highest BCUT2D eigenvalue weighted by Gasteiger charge is 2.24. The van der Waals surface area contributed by atoms with E-state index in [1.807, 2.05) is 17.5 Å². The number of carbonyl (C=O) groups excluding carboxylic acids is 1. The molecule has 2 aromatic carbocycles. The van der Waals surface area contributed by atoms with Gasteiger partial charge >= 0.3 is 0 Å². The fourth-order valence-electron chi connectivity index (χ4n) is 2.91. The number of amides is 1. The van der Waals surface area contributed by atoms with Gasteiger partial charge in [0.2, 0.25) is 10.0 Å². The lowest BCUT2D eigenvalue weighted by Crippen LogP contribution is -2.31. The van der Waals surface area contributed by atoms with Crippen LogP contribution >= 0.6 is 11.3 Å². The predicted molar refractivity (Wildman–Crippen MR) is 121 cm³/mol. The minimum absolute atomic E-state index is 0.127. The van der Waals surface area contributed by atoms with Gasteiger partial charge in [0, 0.05) is 24.3 Å². The highest BCUT2D eigenvalue weighted by Crippen LogP contribution is 2.21. The van der Waals surface area contributed by atoms with Crippen molar-refractivity contribution in [1.29, 1.82) is 0 Å². The molecule has 0 aliphatic carbocycles. The van der Waals surface area contributed by atoms with E-state index in [2.05, 4.69) is 17.2 Å². The third-order valence-corrected chi connectivity index (χ3v) is 7.33. The molecule has 8 heteroatoms. The summed E-state index contributed by atoms with van der Waals surface area (Å²) in [5.41, 5.74) is 0.771. The van der Waals surface area contributed by atoms with Gasteiger partial charge in [0.05, 0.1) is 15.3 Å². The molecule has 160 valence electrons. The maximum Gasteiger partial charge on any atom is 0.258 e. The lowest BCUT2D eigenvalue weighted by atomic mass is 10.1. The van der Waals surface area contributed by atoms with Crippen molar-refractivity contribution in [2.24, 2.45) is 0 Å². The van der Waals surface area contributed by atoms with Crippen LogP contribution in [0.4, 0.5) is 10.1 Å². The lowest BCUT2D eigenvalue weighted by molar-refractivity contribution is 0.102. The molecule has 0 saturated heterocycles. The standard InChI is InChI=1S/C23H21FN2O3S2/c1-3-26(4-2)31(28,29)20-12-13-22(24)21(16-20)23(27)25-18-8-5-7-17(15-18)10-11-19-9-6-14-30-19/h5-9,12-16H,3-4H2,1-2H3,(H,25,27). The summed E-state index contributed by atoms with van der Waals surface area (Å²) in [6.45, 7) is 3.98. The Bertz CT molecular complexity index is 1240. The van der Waals surface area contributed by atoms with E-state index in [0.717, 1.165) is 17.0 Å². The maximum atomic E-state index is 14.3. The molecular formula is C23H21FN2O3S2. The van der Waals surface area contributed by atoms with Gasteiger partial charge < -0.3 is 5.32 Å². The number of halogens is 1. The van der Waals surface area contributed by atoms with Gasteiger partial charge in [-0.2, -0.15) is 4.31 Å². The number of carbonyl (C=O) groups is 1. The minimum Gasteiger partial charge on any atom is -0.322 e. The molecule has 0 bridgehead atoms. The van der Waals surface area contributed by atoms with Crippen molar-refractivity contribution in [2.75, 3.05) is 18.4 Å². The summed E-state index contributed by atoms with van der Waals surface area (Å²) >= 11 is 1.53. The molecule has 0 aliphatic heterocycles. The molecule has 1 aromatic heterocycles. The molecule has 1 amide bonds. The van der Waals surface area contributed by atoms with Gasteiger partial charge in [0.25, 0.3) is 5.91 Å². The molecule has 0 spiro atoms. The van der Waals surface area contributed by atoms with Gasteiger partial charge in [0.15, 0.2) is 0 Å². The topological polar surface area (TPSA) is 66.5 Å². The molecule has 0 atom stereocenters. The van der Waals surface area contributed by atoms with Crippen molar-refractivity contribution in [2.45, 2.75) is 18.7 Å². The van der Waals surface area contributed by atoms with E-state index in [4.69, 9.17) is 0 Å². The Hall–Kier alpha value is -2.99. The second-order valence-corrected chi connectivity index (χ2v) is 9.38. The first-order valence-electron chi connectivity index (χ1n) is 9.61. The van der Waals surface area contributed by atoms with Gasteiger partial charge in [-0.1, -0.05) is 37.8 Å². The molecule has 1 heterocycles. The Morgan fingerprint density at radius 3 is 2.52 bits per heavy atom. The second-order valence-electron chi connectivity index (χ2n) is 6.49. The SMILES string of the molecule is CCN(CC)S(=O)(=O)c1ccc(F)c(C(=O)Nc2cccc(C#Cc3cccs3)c2)c1. The summed E-state index contributed by atoms with van der Waals surface area (Å²) < 4.78 is 41.0. The summed E-state index contributed by atoms with van der Waals surface area (Å²) in [4.78, 5) is 13.5. The zero-order valence-corrected chi connectivity index (χ0v) is 18.7. The normalized spacial score (nSPS) is 11.1. The Balaban J connectivity index is 1.85. The number of benzene rings is 2. The fourth-order valence-corrected chi connectivity index (χ4v) is 4.96. The van der Waals surface area contributed by atoms with Crippen LogP contribution in [-0.2, 0) is 10.0 Å². The van der Waals surface area contributed by atoms with E-state index in [-0.39, 0.29) is 23.5 Å². The second kappa shape index (κ2) is 9.88. The number of hydrogen-bond acceptors (Lipinski definition) is 4. The molecule has 3 rings (SSSR count). The van der Waals surface area contributed by atoms with Crippen LogP contribution in [0, 0.1) is 17.7 Å². The van der Waals surface area contributed by atoms with Gasteiger partial charge in [-0.15, -0.1) is 11.3 Å². The molecule has 1 N–H and O–H groups in total. The third kappa shape index (κ3) is 5.39. The number of hydrogen-bond donors (Lipinski definition) is 1. The Morgan fingerprint density at radius 1 is 1.06 bits per heavy atom. The van der Waals surface area contributed by atoms with Gasteiger partial charge in [-0.25, -0.2) is 12.8 Å². The van der Waals surface area contributed by atoms with Crippen LogP contribution in [0.3, 0.4) is 0 Å². The molecular weight excluding hydrogens is 435 g/mol. The van der Waals surface area contributed by atoms with Crippen molar-refractivity contribution in [1.82, 2.24) is 4.31 Å². The van der Waals surface area contributed by atoms with Crippen LogP contribution in [0.5, 0.6) is 0 Å². The number of thiophene rings is 1. The molecule has 0 aliphatic rings. The first kappa shape index (κ1) is 22.7. The lowest BCUT2D eigenvalue weighted by Gasteiger charge is -2.19. The summed E-state index contributed by atoms with van der Waals surface area (Å²) in [7, 11) is -3.81. The highest BCUT2D eigenvalue weighted by atomic mass is 32.2. The molecule has 0 saturated carbocycles. The molecule has 0 radical (unpaired) electrons. The van der Waals surface area contributed by atoms with E-state index >= 15 is 0 Å². The first-order chi connectivity index (χ1) is 14.8. The van der Waals surface area contributed by atoms with Crippen LogP contribution in [0.15, 0.2) is 64.9 Å². The van der Waals surface area contributed by atoms with Crippen LogP contribution in [0.2, 0.25) is 0 Å². The van der Waals surface area contributed by atoms with Crippen LogP contribution in [0.25, 0.3) is 0 Å². The highest BCUT2D eigenvalue weighted by molar-refractivity contribution is 7.89. The Labute approximate surface area is 185 Å².